The molecule has 7 aromatic carbocycles. The van der Waals surface area contributed by atoms with E-state index in [-0.39, 0.29) is 19.8 Å². The number of ether oxygens (including phenoxy) is 5. The third kappa shape index (κ3) is 9.80. The molecule has 0 spiro atoms. The Labute approximate surface area is 341 Å². The summed E-state index contributed by atoms with van der Waals surface area (Å²) in [6.45, 7) is 1.31. The number of aliphatic hydroxyl groups is 1. The summed E-state index contributed by atoms with van der Waals surface area (Å²) < 4.78 is 34.0. The molecule has 0 bridgehead atoms. The molecule has 6 heteroatoms. The van der Waals surface area contributed by atoms with E-state index in [1.165, 1.54) is 11.1 Å². The van der Waals surface area contributed by atoms with E-state index in [9.17, 15) is 5.11 Å². The highest BCUT2D eigenvalue weighted by molar-refractivity contribution is 5.86. The maximum absolute atomic E-state index is 13.4. The van der Waals surface area contributed by atoms with Crippen LogP contribution in [0.3, 0.4) is 0 Å². The number of aryl methyl sites for hydroxylation is 2. The normalized spacial score (nSPS) is 20.6. The van der Waals surface area contributed by atoms with Crippen LogP contribution in [0.25, 0.3) is 10.8 Å². The lowest BCUT2D eigenvalue weighted by Crippen LogP contribution is -2.65. The van der Waals surface area contributed by atoms with E-state index >= 15 is 0 Å². The molecule has 1 aliphatic rings. The first-order valence-electron chi connectivity index (χ1n) is 20.2. The summed E-state index contributed by atoms with van der Waals surface area (Å²) in [4.78, 5) is 0. The fourth-order valence-corrected chi connectivity index (χ4v) is 7.79. The zero-order valence-corrected chi connectivity index (χ0v) is 32.6. The minimum absolute atomic E-state index is 0.142. The average Bonchev–Trinajstić information content (AvgIpc) is 3.28. The minimum Gasteiger partial charge on any atom is -0.374 e. The number of rotatable bonds is 17. The minimum atomic E-state index is -1.95. The molecule has 8 rings (SSSR count). The first kappa shape index (κ1) is 39.4. The molecule has 1 fully saturated rings. The van der Waals surface area contributed by atoms with Gasteiger partial charge in [-0.15, -0.1) is 0 Å². The predicted molar refractivity (Wildman–Crippen MR) is 228 cm³/mol. The second kappa shape index (κ2) is 19.3. The Morgan fingerprint density at radius 2 is 0.966 bits per heavy atom. The SMILES string of the molecule is OC1(c2ccc3cccc(CCc4ccccc4)c3c2)O[C@H](COCc2ccccc2)[C@@H](OCc2ccccc2)[C@H](OCc2ccccc2)[C@H]1OCc1ccccc1. The van der Waals surface area contributed by atoms with Gasteiger partial charge in [0.2, 0.25) is 5.79 Å². The van der Waals surface area contributed by atoms with Crippen molar-refractivity contribution in [2.45, 2.75) is 69.5 Å². The summed E-state index contributed by atoms with van der Waals surface area (Å²) in [7, 11) is 0. The quantitative estimate of drug-likeness (QED) is 0.0995. The van der Waals surface area contributed by atoms with E-state index in [2.05, 4.69) is 54.6 Å². The van der Waals surface area contributed by atoms with E-state index in [0.717, 1.165) is 45.9 Å². The number of fused-ring (bicyclic) bond motifs is 1. The molecule has 294 valence electrons. The fourth-order valence-electron chi connectivity index (χ4n) is 7.79. The summed E-state index contributed by atoms with van der Waals surface area (Å²) in [6, 6.07) is 63.1. The zero-order chi connectivity index (χ0) is 39.4. The summed E-state index contributed by atoms with van der Waals surface area (Å²) in [6.07, 6.45) is -1.46. The van der Waals surface area contributed by atoms with Crippen molar-refractivity contribution in [1.29, 1.82) is 0 Å². The van der Waals surface area contributed by atoms with Gasteiger partial charge < -0.3 is 28.8 Å². The number of benzene rings is 7. The molecule has 1 unspecified atom stereocenters. The molecule has 6 nitrogen and oxygen atoms in total. The van der Waals surface area contributed by atoms with Crippen LogP contribution >= 0.6 is 0 Å². The van der Waals surface area contributed by atoms with Crippen LogP contribution in [0.5, 0.6) is 0 Å². The molecule has 58 heavy (non-hydrogen) atoms. The van der Waals surface area contributed by atoms with E-state index in [1.54, 1.807) is 0 Å². The molecule has 1 aliphatic heterocycles. The van der Waals surface area contributed by atoms with Crippen molar-refractivity contribution in [3.63, 3.8) is 0 Å². The number of hydrogen-bond donors (Lipinski definition) is 1. The molecule has 1 saturated heterocycles. The Bertz CT molecular complexity index is 2290. The lowest BCUT2D eigenvalue weighted by atomic mass is 9.86. The Hall–Kier alpha value is -5.44. The second-order valence-electron chi connectivity index (χ2n) is 14.9. The van der Waals surface area contributed by atoms with Crippen LogP contribution in [0.2, 0.25) is 0 Å². The third-order valence-corrected chi connectivity index (χ3v) is 10.9. The zero-order valence-electron chi connectivity index (χ0n) is 32.6. The summed E-state index contributed by atoms with van der Waals surface area (Å²) >= 11 is 0. The largest absolute Gasteiger partial charge is 0.374 e. The van der Waals surface area contributed by atoms with Gasteiger partial charge in [-0.2, -0.15) is 0 Å². The highest BCUT2D eigenvalue weighted by Gasteiger charge is 2.57. The average molecular weight is 771 g/mol. The molecule has 1 N–H and O–H groups in total. The standard InChI is InChI=1S/C52H50O6/c53-52(46-32-31-45-28-16-27-44(47(45)33-46)30-29-39-17-6-1-7-18-39)51(57-37-43-25-14-5-15-26-43)50(56-36-42-23-12-4-13-24-42)49(55-35-41-21-10-3-11-22-41)48(58-52)38-54-34-40-19-8-2-9-20-40/h1-28,31-33,48-51,53H,29-30,34-38H2/t48-,49-,50+,51-,52?/m1/s1. The molecular formula is C52H50O6. The van der Waals surface area contributed by atoms with Crippen molar-refractivity contribution >= 4 is 10.8 Å². The van der Waals surface area contributed by atoms with Gasteiger partial charge in [-0.1, -0.05) is 182 Å². The van der Waals surface area contributed by atoms with Crippen LogP contribution in [-0.4, -0.2) is 36.1 Å². The van der Waals surface area contributed by atoms with Gasteiger partial charge in [0.1, 0.15) is 24.4 Å². The molecule has 5 atom stereocenters. The lowest BCUT2D eigenvalue weighted by molar-refractivity contribution is -0.378. The molecule has 7 aromatic rings. The van der Waals surface area contributed by atoms with Crippen LogP contribution in [0.15, 0.2) is 188 Å². The van der Waals surface area contributed by atoms with Crippen molar-refractivity contribution < 1.29 is 28.8 Å². The van der Waals surface area contributed by atoms with Crippen LogP contribution in [0, 0.1) is 0 Å². The molecular weight excluding hydrogens is 721 g/mol. The van der Waals surface area contributed by atoms with Crippen molar-refractivity contribution in [2.75, 3.05) is 6.61 Å². The summed E-state index contributed by atoms with van der Waals surface area (Å²) in [5, 5.41) is 15.5. The van der Waals surface area contributed by atoms with Gasteiger partial charge in [0.25, 0.3) is 0 Å². The Balaban J connectivity index is 1.20. The second-order valence-corrected chi connectivity index (χ2v) is 14.9. The number of hydrogen-bond acceptors (Lipinski definition) is 6. The Morgan fingerprint density at radius 1 is 0.466 bits per heavy atom. The molecule has 0 aromatic heterocycles. The van der Waals surface area contributed by atoms with E-state index in [0.29, 0.717) is 18.8 Å². The van der Waals surface area contributed by atoms with Gasteiger partial charge in [0.05, 0.1) is 33.0 Å². The molecule has 1 heterocycles. The molecule has 0 radical (unpaired) electrons. The maximum atomic E-state index is 13.4. The van der Waals surface area contributed by atoms with Gasteiger partial charge in [0.15, 0.2) is 0 Å². The van der Waals surface area contributed by atoms with Crippen molar-refractivity contribution in [2.24, 2.45) is 0 Å². The van der Waals surface area contributed by atoms with Gasteiger partial charge >= 0.3 is 0 Å². The first-order chi connectivity index (χ1) is 28.6. The Morgan fingerprint density at radius 3 is 1.53 bits per heavy atom. The lowest BCUT2D eigenvalue weighted by Gasteiger charge is -2.50. The van der Waals surface area contributed by atoms with Crippen molar-refractivity contribution in [3.8, 4) is 0 Å². The van der Waals surface area contributed by atoms with Crippen LogP contribution in [-0.2, 0) is 68.7 Å². The highest BCUT2D eigenvalue weighted by atomic mass is 16.7. The topological polar surface area (TPSA) is 66.4 Å². The van der Waals surface area contributed by atoms with Crippen LogP contribution in [0.4, 0.5) is 0 Å². The first-order valence-corrected chi connectivity index (χ1v) is 20.2. The molecule has 0 aliphatic carbocycles. The highest BCUT2D eigenvalue weighted by Crippen LogP contribution is 2.43. The van der Waals surface area contributed by atoms with Gasteiger partial charge in [-0.3, -0.25) is 0 Å². The van der Waals surface area contributed by atoms with E-state index in [4.69, 9.17) is 23.7 Å². The smallest absolute Gasteiger partial charge is 0.222 e. The van der Waals surface area contributed by atoms with E-state index < -0.39 is 30.2 Å². The predicted octanol–water partition coefficient (Wildman–Crippen LogP) is 10.1. The van der Waals surface area contributed by atoms with Gasteiger partial charge in [-0.05, 0) is 63.1 Å². The van der Waals surface area contributed by atoms with Gasteiger partial charge in [0, 0.05) is 5.56 Å². The summed E-state index contributed by atoms with van der Waals surface area (Å²) in [5.74, 6) is -1.95. The monoisotopic (exact) mass is 770 g/mol. The molecule has 0 saturated carbocycles. The van der Waals surface area contributed by atoms with Crippen molar-refractivity contribution in [1.82, 2.24) is 0 Å². The summed E-state index contributed by atoms with van der Waals surface area (Å²) in [5.41, 5.74) is 7.04. The third-order valence-electron chi connectivity index (χ3n) is 10.9. The fraction of sp³-hybridized carbons (Fsp3) is 0.231. The Kier molecular flexibility index (Phi) is 13.1. The van der Waals surface area contributed by atoms with Gasteiger partial charge in [-0.25, -0.2) is 0 Å². The van der Waals surface area contributed by atoms with Crippen LogP contribution < -0.4 is 0 Å². The van der Waals surface area contributed by atoms with Crippen LogP contribution in [0.1, 0.15) is 38.9 Å². The van der Waals surface area contributed by atoms with Crippen molar-refractivity contribution in [3.05, 3.63) is 227 Å². The molecule has 0 amide bonds. The van der Waals surface area contributed by atoms with E-state index in [1.807, 2.05) is 133 Å². The maximum Gasteiger partial charge on any atom is 0.222 e.